The number of aliphatic imine (C=N–C) groups is 1. The molecule has 4 atom stereocenters. The summed E-state index contributed by atoms with van der Waals surface area (Å²) in [4.78, 5) is 68.1. The fraction of sp³-hybridized carbons (Fsp3) is 0.440. The summed E-state index contributed by atoms with van der Waals surface area (Å²) >= 11 is 0. The number of nitrogens with two attached hydrogens (primary N) is 4. The van der Waals surface area contributed by atoms with Crippen molar-refractivity contribution in [3.8, 4) is 0 Å². The quantitative estimate of drug-likeness (QED) is 0.0514. The number of hydrogen-bond donors (Lipinski definition) is 10. The molecule has 224 valence electrons. The number of guanidine groups is 1. The molecule has 2 rings (SSSR count). The van der Waals surface area contributed by atoms with Gasteiger partial charge in [-0.2, -0.15) is 0 Å². The first-order valence-corrected chi connectivity index (χ1v) is 12.8. The molecule has 16 heteroatoms. The van der Waals surface area contributed by atoms with Gasteiger partial charge in [0.05, 0.1) is 12.6 Å². The molecule has 0 aliphatic heterocycles. The predicted molar refractivity (Wildman–Crippen MR) is 149 cm³/mol. The van der Waals surface area contributed by atoms with Crippen molar-refractivity contribution in [3.05, 3.63) is 36.0 Å². The molecule has 4 amide bonds. The second kappa shape index (κ2) is 15.8. The molecule has 0 bridgehead atoms. The van der Waals surface area contributed by atoms with Crippen LogP contribution in [0.3, 0.4) is 0 Å². The number of aliphatic hydroxyl groups is 1. The highest BCUT2D eigenvalue weighted by Crippen LogP contribution is 2.18. The lowest BCUT2D eigenvalue weighted by molar-refractivity contribution is -0.143. The van der Waals surface area contributed by atoms with Crippen LogP contribution in [-0.2, 0) is 30.4 Å². The number of carbonyl (C=O) groups excluding carboxylic acids is 4. The van der Waals surface area contributed by atoms with Gasteiger partial charge in [-0.3, -0.25) is 24.2 Å². The summed E-state index contributed by atoms with van der Waals surface area (Å²) in [5, 5.41) is 27.0. The van der Waals surface area contributed by atoms with E-state index in [4.69, 9.17) is 22.9 Å². The summed E-state index contributed by atoms with van der Waals surface area (Å²) in [6.07, 6.45) is 1.62. The first-order valence-electron chi connectivity index (χ1n) is 12.8. The number of carboxylic acid groups (broad SMARTS) is 1. The Bertz CT molecular complexity index is 1260. The van der Waals surface area contributed by atoms with Crippen LogP contribution in [0, 0.1) is 0 Å². The first-order chi connectivity index (χ1) is 19.4. The number of aliphatic carboxylic acids is 1. The average molecular weight is 576 g/mol. The van der Waals surface area contributed by atoms with Crippen LogP contribution in [0.15, 0.2) is 35.5 Å². The molecule has 0 aliphatic rings. The van der Waals surface area contributed by atoms with Crippen LogP contribution in [0.1, 0.15) is 31.2 Å². The Hall–Kier alpha value is -4.70. The molecule has 0 aliphatic carbocycles. The summed E-state index contributed by atoms with van der Waals surface area (Å²) in [6.45, 7) is -0.734. The zero-order valence-electron chi connectivity index (χ0n) is 22.3. The maximum atomic E-state index is 13.1. The van der Waals surface area contributed by atoms with Crippen molar-refractivity contribution in [2.75, 3.05) is 13.2 Å². The number of H-pyrrole nitrogens is 1. The zero-order chi connectivity index (χ0) is 30.5. The van der Waals surface area contributed by atoms with Gasteiger partial charge in [-0.05, 0) is 37.3 Å². The topological polar surface area (TPSA) is 294 Å². The number of hydrogen-bond acceptors (Lipinski definition) is 8. The summed E-state index contributed by atoms with van der Waals surface area (Å²) in [6, 6.07) is 2.21. The second-order valence-corrected chi connectivity index (χ2v) is 9.33. The van der Waals surface area contributed by atoms with E-state index < -0.39 is 60.4 Å². The van der Waals surface area contributed by atoms with Gasteiger partial charge >= 0.3 is 5.97 Å². The molecular weight excluding hydrogens is 538 g/mol. The number of fused-ring (bicyclic) bond motifs is 1. The molecule has 0 saturated carbocycles. The van der Waals surface area contributed by atoms with E-state index in [1.807, 2.05) is 24.3 Å². The molecule has 0 spiro atoms. The average Bonchev–Trinajstić information content (AvgIpc) is 3.32. The van der Waals surface area contributed by atoms with Gasteiger partial charge in [-0.15, -0.1) is 0 Å². The van der Waals surface area contributed by atoms with Crippen LogP contribution in [-0.4, -0.2) is 88.1 Å². The van der Waals surface area contributed by atoms with Gasteiger partial charge in [0.1, 0.15) is 18.1 Å². The summed E-state index contributed by atoms with van der Waals surface area (Å²) in [5.41, 5.74) is 23.5. The summed E-state index contributed by atoms with van der Waals surface area (Å²) < 4.78 is 0. The number of aromatic nitrogens is 1. The number of para-hydroxylation sites is 1. The standard InChI is InChI=1S/C25H37N9O7/c26-15(10-13-11-31-16-5-2-1-4-14(13)16)21(37)32-17(6-3-9-30-25(28)29)22(38)34-19(12-35)23(39)33-18(24(40)41)7-8-20(27)36/h1-2,4-5,11,15,17-19,31,35H,3,6-10,12,26H2,(H2,27,36)(H,32,37)(H,33,39)(H,34,38)(H,40,41)(H4,28,29,30). The Morgan fingerprint density at radius 1 is 0.902 bits per heavy atom. The molecule has 1 aromatic carbocycles. The van der Waals surface area contributed by atoms with Crippen molar-refractivity contribution < 1.29 is 34.2 Å². The maximum absolute atomic E-state index is 13.1. The number of nitrogens with zero attached hydrogens (tertiary/aromatic N) is 1. The fourth-order valence-corrected chi connectivity index (χ4v) is 3.96. The smallest absolute Gasteiger partial charge is 0.326 e. The van der Waals surface area contributed by atoms with Crippen molar-refractivity contribution >= 4 is 46.5 Å². The van der Waals surface area contributed by atoms with Crippen molar-refractivity contribution in [1.82, 2.24) is 20.9 Å². The minimum Gasteiger partial charge on any atom is -0.480 e. The van der Waals surface area contributed by atoms with E-state index in [1.54, 1.807) is 6.20 Å². The molecule has 41 heavy (non-hydrogen) atoms. The van der Waals surface area contributed by atoms with Crippen molar-refractivity contribution in [3.63, 3.8) is 0 Å². The predicted octanol–water partition coefficient (Wildman–Crippen LogP) is -3.11. The molecule has 1 aromatic heterocycles. The van der Waals surface area contributed by atoms with Gasteiger partial charge in [0.2, 0.25) is 23.6 Å². The maximum Gasteiger partial charge on any atom is 0.326 e. The number of rotatable bonds is 17. The third kappa shape index (κ3) is 10.4. The molecule has 0 saturated heterocycles. The molecule has 2 aromatic rings. The zero-order valence-corrected chi connectivity index (χ0v) is 22.3. The largest absolute Gasteiger partial charge is 0.480 e. The Morgan fingerprint density at radius 2 is 1.54 bits per heavy atom. The molecule has 0 radical (unpaired) electrons. The van der Waals surface area contributed by atoms with Gasteiger partial charge in [0, 0.05) is 30.1 Å². The van der Waals surface area contributed by atoms with Gasteiger partial charge in [-0.25, -0.2) is 4.79 Å². The van der Waals surface area contributed by atoms with Crippen LogP contribution < -0.4 is 38.9 Å². The van der Waals surface area contributed by atoms with Crippen LogP contribution in [0.2, 0.25) is 0 Å². The fourth-order valence-electron chi connectivity index (χ4n) is 3.96. The third-order valence-electron chi connectivity index (χ3n) is 6.14. The van der Waals surface area contributed by atoms with Crippen molar-refractivity contribution in [2.45, 2.75) is 56.3 Å². The molecule has 4 unspecified atom stereocenters. The molecule has 1 heterocycles. The van der Waals surface area contributed by atoms with Crippen LogP contribution >= 0.6 is 0 Å². The highest BCUT2D eigenvalue weighted by molar-refractivity contribution is 5.94. The number of benzene rings is 1. The number of nitrogens with one attached hydrogen (secondary N) is 4. The van der Waals surface area contributed by atoms with Crippen molar-refractivity contribution in [1.29, 1.82) is 0 Å². The van der Waals surface area contributed by atoms with Crippen LogP contribution in [0.25, 0.3) is 10.9 Å². The lowest BCUT2D eigenvalue weighted by Crippen LogP contribution is -2.58. The molecule has 16 nitrogen and oxygen atoms in total. The number of primary amides is 1. The number of carboxylic acids is 1. The normalized spacial score (nSPS) is 13.8. The van der Waals surface area contributed by atoms with Crippen LogP contribution in [0.5, 0.6) is 0 Å². The van der Waals surface area contributed by atoms with Gasteiger partial charge in [-0.1, -0.05) is 18.2 Å². The van der Waals surface area contributed by atoms with Gasteiger partial charge in [0.15, 0.2) is 5.96 Å². The van der Waals surface area contributed by atoms with E-state index in [-0.39, 0.29) is 44.6 Å². The van der Waals surface area contributed by atoms with E-state index in [9.17, 15) is 34.2 Å². The third-order valence-corrected chi connectivity index (χ3v) is 6.14. The number of carbonyl (C=O) groups is 5. The van der Waals surface area contributed by atoms with Gasteiger partial charge in [0.25, 0.3) is 0 Å². The van der Waals surface area contributed by atoms with Gasteiger partial charge < -0.3 is 54.1 Å². The molecule has 0 fully saturated rings. The number of amides is 4. The number of aromatic amines is 1. The van der Waals surface area contributed by atoms with E-state index in [2.05, 4.69) is 25.9 Å². The SMILES string of the molecule is NC(=O)CCC(NC(=O)C(CO)NC(=O)C(CCCN=C(N)N)NC(=O)C(N)Cc1c[nH]c2ccccc12)C(=O)O. The Morgan fingerprint density at radius 3 is 2.17 bits per heavy atom. The van der Waals surface area contributed by atoms with E-state index in [0.717, 1.165) is 16.5 Å². The highest BCUT2D eigenvalue weighted by atomic mass is 16.4. The van der Waals surface area contributed by atoms with Crippen LogP contribution in [0.4, 0.5) is 0 Å². The highest BCUT2D eigenvalue weighted by Gasteiger charge is 2.30. The van der Waals surface area contributed by atoms with E-state index in [0.29, 0.717) is 0 Å². The van der Waals surface area contributed by atoms with E-state index >= 15 is 0 Å². The van der Waals surface area contributed by atoms with Crippen molar-refractivity contribution in [2.24, 2.45) is 27.9 Å². The Balaban J connectivity index is 2.10. The lowest BCUT2D eigenvalue weighted by Gasteiger charge is -2.24. The van der Waals surface area contributed by atoms with E-state index in [1.165, 1.54) is 0 Å². The minimum atomic E-state index is -1.56. The second-order valence-electron chi connectivity index (χ2n) is 9.33. The molecule has 14 N–H and O–H groups in total. The first kappa shape index (κ1) is 32.5. The monoisotopic (exact) mass is 575 g/mol. The Labute approximate surface area is 235 Å². The summed E-state index contributed by atoms with van der Waals surface area (Å²) in [5.74, 6) is -4.84. The minimum absolute atomic E-state index is 0.0459. The lowest BCUT2D eigenvalue weighted by atomic mass is 10.0. The Kier molecular flexibility index (Phi) is 12.5. The summed E-state index contributed by atoms with van der Waals surface area (Å²) in [7, 11) is 0. The molecular formula is C25H37N9O7. The number of aliphatic hydroxyl groups excluding tert-OH is 1.